The Morgan fingerprint density at radius 1 is 0.771 bits per heavy atom. The molecule has 0 bridgehead atoms. The Kier molecular flexibility index (Phi) is 14.7. The normalized spacial score (nSPS) is 11.4. The van der Waals surface area contributed by atoms with E-state index < -0.39 is 0 Å². The standard InChI is InChI=1S/C30H52N2O3/c1-8-10-12-14-16-18-20-26(33)31-25-22-24(30(4,5)6)29(35-7)28(23(25)3)32-27(34)21-19-17-15-13-11-9-2/h22H,8-21H2,1-7H3,(H,31,33)(H,32,34). The van der Waals surface area contributed by atoms with Gasteiger partial charge in [-0.3, -0.25) is 9.59 Å². The molecule has 200 valence electrons. The van der Waals surface area contributed by atoms with Crippen LogP contribution in [-0.4, -0.2) is 18.9 Å². The fourth-order valence-electron chi connectivity index (χ4n) is 4.35. The second-order valence-corrected chi connectivity index (χ2v) is 10.9. The minimum absolute atomic E-state index is 0.00249. The summed E-state index contributed by atoms with van der Waals surface area (Å²) in [6.07, 6.45) is 14.8. The average Bonchev–Trinajstić information content (AvgIpc) is 2.80. The highest BCUT2D eigenvalue weighted by Gasteiger charge is 2.26. The Balaban J connectivity index is 2.95. The van der Waals surface area contributed by atoms with Crippen LogP contribution in [0.5, 0.6) is 5.75 Å². The van der Waals surface area contributed by atoms with Crippen molar-refractivity contribution >= 4 is 23.2 Å². The maximum Gasteiger partial charge on any atom is 0.224 e. The van der Waals surface area contributed by atoms with Crippen molar-refractivity contribution in [1.29, 1.82) is 0 Å². The molecule has 2 N–H and O–H groups in total. The molecule has 0 spiro atoms. The molecule has 35 heavy (non-hydrogen) atoms. The number of unbranched alkanes of at least 4 members (excludes halogenated alkanes) is 10. The van der Waals surface area contributed by atoms with Gasteiger partial charge < -0.3 is 15.4 Å². The number of carbonyl (C=O) groups excluding carboxylic acids is 2. The third kappa shape index (κ3) is 11.5. The lowest BCUT2D eigenvalue weighted by atomic mass is 9.84. The van der Waals surface area contributed by atoms with Crippen molar-refractivity contribution in [3.8, 4) is 5.75 Å². The van der Waals surface area contributed by atoms with Crippen LogP contribution < -0.4 is 15.4 Å². The lowest BCUT2D eigenvalue weighted by Gasteiger charge is -2.27. The van der Waals surface area contributed by atoms with Gasteiger partial charge in [-0.15, -0.1) is 0 Å². The van der Waals surface area contributed by atoms with E-state index in [4.69, 9.17) is 4.74 Å². The number of hydrogen-bond acceptors (Lipinski definition) is 3. The summed E-state index contributed by atoms with van der Waals surface area (Å²) in [7, 11) is 1.64. The van der Waals surface area contributed by atoms with Crippen molar-refractivity contribution in [2.45, 2.75) is 137 Å². The van der Waals surface area contributed by atoms with Crippen molar-refractivity contribution in [3.05, 3.63) is 17.2 Å². The van der Waals surface area contributed by atoms with Crippen molar-refractivity contribution in [1.82, 2.24) is 0 Å². The second-order valence-electron chi connectivity index (χ2n) is 10.9. The monoisotopic (exact) mass is 488 g/mol. The van der Waals surface area contributed by atoms with E-state index in [1.807, 2.05) is 13.0 Å². The number of hydrogen-bond donors (Lipinski definition) is 2. The van der Waals surface area contributed by atoms with Gasteiger partial charge in [-0.25, -0.2) is 0 Å². The fourth-order valence-corrected chi connectivity index (χ4v) is 4.35. The fraction of sp³-hybridized carbons (Fsp3) is 0.733. The van der Waals surface area contributed by atoms with Crippen LogP contribution in [-0.2, 0) is 15.0 Å². The van der Waals surface area contributed by atoms with Gasteiger partial charge in [0, 0.05) is 24.1 Å². The van der Waals surface area contributed by atoms with Crippen molar-refractivity contribution in [2.24, 2.45) is 0 Å². The number of amides is 2. The van der Waals surface area contributed by atoms with Crippen LogP contribution in [0.25, 0.3) is 0 Å². The molecule has 1 rings (SSSR count). The van der Waals surface area contributed by atoms with E-state index in [1.165, 1.54) is 51.4 Å². The van der Waals surface area contributed by atoms with Crippen LogP contribution in [0.4, 0.5) is 11.4 Å². The quantitative estimate of drug-likeness (QED) is 0.215. The number of ether oxygens (including phenoxy) is 1. The van der Waals surface area contributed by atoms with E-state index in [1.54, 1.807) is 7.11 Å². The Labute approximate surface area is 215 Å². The van der Waals surface area contributed by atoms with Gasteiger partial charge in [-0.1, -0.05) is 98.8 Å². The smallest absolute Gasteiger partial charge is 0.224 e. The minimum atomic E-state index is -0.212. The molecule has 0 fully saturated rings. The average molecular weight is 489 g/mol. The number of carbonyl (C=O) groups is 2. The lowest BCUT2D eigenvalue weighted by molar-refractivity contribution is -0.117. The van der Waals surface area contributed by atoms with Crippen LogP contribution in [0.3, 0.4) is 0 Å². The van der Waals surface area contributed by atoms with Crippen molar-refractivity contribution in [3.63, 3.8) is 0 Å². The zero-order chi connectivity index (χ0) is 26.3. The Hall–Kier alpha value is -2.04. The number of methoxy groups -OCH3 is 1. The molecule has 0 aliphatic rings. The summed E-state index contributed by atoms with van der Waals surface area (Å²) in [6, 6.07) is 2.01. The Bertz CT molecular complexity index is 781. The van der Waals surface area contributed by atoms with Gasteiger partial charge >= 0.3 is 0 Å². The van der Waals surface area contributed by atoms with Gasteiger partial charge in [0.1, 0.15) is 5.75 Å². The molecule has 0 aliphatic heterocycles. The summed E-state index contributed by atoms with van der Waals surface area (Å²) in [5, 5.41) is 6.23. The maximum atomic E-state index is 12.8. The Morgan fingerprint density at radius 2 is 1.23 bits per heavy atom. The predicted octanol–water partition coefficient (Wildman–Crippen LogP) is 8.68. The van der Waals surface area contributed by atoms with Crippen LogP contribution in [0, 0.1) is 6.92 Å². The van der Waals surface area contributed by atoms with Gasteiger partial charge in [0.25, 0.3) is 0 Å². The van der Waals surface area contributed by atoms with E-state index in [2.05, 4.69) is 45.3 Å². The molecular formula is C30H52N2O3. The van der Waals surface area contributed by atoms with Crippen LogP contribution >= 0.6 is 0 Å². The molecule has 0 saturated carbocycles. The molecule has 5 heteroatoms. The number of benzene rings is 1. The van der Waals surface area contributed by atoms with Crippen molar-refractivity contribution < 1.29 is 14.3 Å². The molecule has 0 saturated heterocycles. The highest BCUT2D eigenvalue weighted by atomic mass is 16.5. The van der Waals surface area contributed by atoms with E-state index in [0.717, 1.165) is 42.5 Å². The molecule has 0 heterocycles. The molecule has 0 unspecified atom stereocenters. The first-order valence-corrected chi connectivity index (χ1v) is 14.0. The van der Waals surface area contributed by atoms with Gasteiger partial charge in [0.05, 0.1) is 12.8 Å². The first-order chi connectivity index (χ1) is 16.6. The number of anilines is 2. The molecule has 0 aromatic heterocycles. The van der Waals surface area contributed by atoms with E-state index >= 15 is 0 Å². The zero-order valence-corrected chi connectivity index (χ0v) is 23.7. The maximum absolute atomic E-state index is 12.8. The third-order valence-electron chi connectivity index (χ3n) is 6.60. The topological polar surface area (TPSA) is 67.4 Å². The molecule has 1 aromatic carbocycles. The summed E-state index contributed by atoms with van der Waals surface area (Å²) in [5.41, 5.74) is 3.02. The molecule has 2 amide bonds. The van der Waals surface area contributed by atoms with Gasteiger partial charge in [0.15, 0.2) is 0 Å². The van der Waals surface area contributed by atoms with E-state index in [0.29, 0.717) is 24.3 Å². The highest BCUT2D eigenvalue weighted by molar-refractivity contribution is 5.98. The van der Waals surface area contributed by atoms with E-state index in [-0.39, 0.29) is 17.2 Å². The summed E-state index contributed by atoms with van der Waals surface area (Å²) in [6.45, 7) is 12.7. The second kappa shape index (κ2) is 16.6. The molecular weight excluding hydrogens is 436 g/mol. The molecule has 1 aromatic rings. The predicted molar refractivity (Wildman–Crippen MR) is 150 cm³/mol. The number of nitrogens with one attached hydrogen (secondary N) is 2. The highest BCUT2D eigenvalue weighted by Crippen LogP contribution is 2.43. The van der Waals surface area contributed by atoms with Gasteiger partial charge in [0.2, 0.25) is 11.8 Å². The van der Waals surface area contributed by atoms with E-state index in [9.17, 15) is 9.59 Å². The molecule has 0 atom stereocenters. The van der Waals surface area contributed by atoms with Gasteiger partial charge in [-0.2, -0.15) is 0 Å². The molecule has 0 radical (unpaired) electrons. The number of rotatable bonds is 17. The summed E-state index contributed by atoms with van der Waals surface area (Å²) in [5.74, 6) is 0.704. The van der Waals surface area contributed by atoms with Crippen LogP contribution in [0.1, 0.15) is 136 Å². The van der Waals surface area contributed by atoms with Crippen LogP contribution in [0.15, 0.2) is 6.07 Å². The lowest BCUT2D eigenvalue weighted by Crippen LogP contribution is -2.20. The largest absolute Gasteiger partial charge is 0.494 e. The summed E-state index contributed by atoms with van der Waals surface area (Å²) in [4.78, 5) is 25.5. The first-order valence-electron chi connectivity index (χ1n) is 14.0. The minimum Gasteiger partial charge on any atom is -0.494 e. The van der Waals surface area contributed by atoms with Gasteiger partial charge in [-0.05, 0) is 36.8 Å². The first kappa shape index (κ1) is 31.0. The van der Waals surface area contributed by atoms with Crippen LogP contribution in [0.2, 0.25) is 0 Å². The Morgan fingerprint density at radius 3 is 1.69 bits per heavy atom. The third-order valence-corrected chi connectivity index (χ3v) is 6.60. The zero-order valence-electron chi connectivity index (χ0n) is 23.7. The summed E-state index contributed by atoms with van der Waals surface area (Å²) < 4.78 is 5.80. The SMILES string of the molecule is CCCCCCCCC(=O)Nc1cc(C(C)(C)C)c(OC)c(NC(=O)CCCCCCCC)c1C. The molecule has 5 nitrogen and oxygen atoms in total. The summed E-state index contributed by atoms with van der Waals surface area (Å²) >= 11 is 0. The molecule has 0 aliphatic carbocycles. The van der Waals surface area contributed by atoms with Crippen molar-refractivity contribution in [2.75, 3.05) is 17.7 Å².